The van der Waals surface area contributed by atoms with E-state index in [2.05, 4.69) is 10.3 Å². The molecule has 0 spiro atoms. The zero-order valence-corrected chi connectivity index (χ0v) is 15.6. The molecule has 3 atom stereocenters. The fourth-order valence-corrected chi connectivity index (χ4v) is 3.46. The molecule has 1 aromatic heterocycles. The van der Waals surface area contributed by atoms with Gasteiger partial charge in [-0.05, 0) is 30.0 Å². The van der Waals surface area contributed by atoms with Crippen molar-refractivity contribution in [1.82, 2.24) is 10.3 Å². The Morgan fingerprint density at radius 2 is 2.11 bits per heavy atom. The number of nitrogens with zero attached hydrogens (tertiary/aromatic N) is 1. The van der Waals surface area contributed by atoms with Crippen LogP contribution in [0.15, 0.2) is 24.4 Å². The average Bonchev–Trinajstić information content (AvgIpc) is 2.97. The second-order valence-electron chi connectivity index (χ2n) is 6.57. The third-order valence-electron chi connectivity index (χ3n) is 5.01. The van der Waals surface area contributed by atoms with E-state index in [1.54, 1.807) is 31.3 Å². The van der Waals surface area contributed by atoms with Gasteiger partial charge in [0.2, 0.25) is 5.88 Å². The summed E-state index contributed by atoms with van der Waals surface area (Å²) in [5.74, 6) is -0.215. The molecule has 0 unspecified atom stereocenters. The molecule has 1 aliphatic rings. The molecule has 7 heteroatoms. The van der Waals surface area contributed by atoms with Crippen LogP contribution in [-0.4, -0.2) is 42.6 Å². The number of aromatic nitrogens is 1. The lowest BCUT2D eigenvalue weighted by atomic mass is 9.97. The molecule has 0 saturated carbocycles. The minimum Gasteiger partial charge on any atom is -0.496 e. The highest BCUT2D eigenvalue weighted by molar-refractivity contribution is 6.03. The first-order valence-corrected chi connectivity index (χ1v) is 9.07. The first kappa shape index (κ1) is 19.1. The van der Waals surface area contributed by atoms with E-state index in [1.807, 2.05) is 6.92 Å². The summed E-state index contributed by atoms with van der Waals surface area (Å²) in [5.41, 5.74) is 0.513. The number of methoxy groups -OCH3 is 1. The zero-order chi connectivity index (χ0) is 19.6. The number of hydrogen-bond acceptors (Lipinski definition) is 5. The molecule has 3 rings (SSSR count). The maximum atomic E-state index is 13.9. The van der Waals surface area contributed by atoms with E-state index in [9.17, 15) is 14.0 Å². The summed E-state index contributed by atoms with van der Waals surface area (Å²) in [6.45, 7) is 3.76. The fourth-order valence-electron chi connectivity index (χ4n) is 3.46. The van der Waals surface area contributed by atoms with Crippen LogP contribution in [0.1, 0.15) is 37.0 Å². The molecule has 0 radical (unpaired) electrons. The van der Waals surface area contributed by atoms with Gasteiger partial charge in [-0.1, -0.05) is 13.8 Å². The Labute approximate surface area is 157 Å². The van der Waals surface area contributed by atoms with Crippen LogP contribution >= 0.6 is 0 Å². The maximum Gasteiger partial charge on any atom is 0.255 e. The van der Waals surface area contributed by atoms with Crippen LogP contribution in [-0.2, 0) is 4.79 Å². The number of rotatable bonds is 7. The molecule has 0 bridgehead atoms. The smallest absolute Gasteiger partial charge is 0.255 e. The predicted molar refractivity (Wildman–Crippen MR) is 99.0 cm³/mol. The zero-order valence-electron chi connectivity index (χ0n) is 15.6. The Hall–Kier alpha value is -2.70. The quantitative estimate of drug-likeness (QED) is 0.754. The van der Waals surface area contributed by atoms with Crippen LogP contribution in [0.2, 0.25) is 0 Å². The molecule has 1 fully saturated rings. The molecule has 144 valence electrons. The number of amides is 1. The Morgan fingerprint density at radius 1 is 1.33 bits per heavy atom. The van der Waals surface area contributed by atoms with Gasteiger partial charge in [-0.3, -0.25) is 9.59 Å². The van der Waals surface area contributed by atoms with Crippen molar-refractivity contribution in [2.45, 2.75) is 38.9 Å². The van der Waals surface area contributed by atoms with Gasteiger partial charge in [0.15, 0.2) is 12.0 Å². The highest BCUT2D eigenvalue weighted by Crippen LogP contribution is 2.32. The van der Waals surface area contributed by atoms with Crippen molar-refractivity contribution in [3.05, 3.63) is 30.0 Å². The third-order valence-corrected chi connectivity index (χ3v) is 5.01. The summed E-state index contributed by atoms with van der Waals surface area (Å²) in [7, 11) is 1.51. The number of pyridine rings is 1. The molecule has 0 aliphatic carbocycles. The van der Waals surface area contributed by atoms with Crippen LogP contribution in [0.3, 0.4) is 0 Å². The predicted octanol–water partition coefficient (Wildman–Crippen LogP) is 3.08. The Bertz CT molecular complexity index is 870. The Kier molecular flexibility index (Phi) is 5.58. The highest BCUT2D eigenvalue weighted by atomic mass is 19.1. The minimum atomic E-state index is -1.51. The number of halogens is 1. The van der Waals surface area contributed by atoms with Crippen molar-refractivity contribution in [2.24, 2.45) is 5.92 Å². The van der Waals surface area contributed by atoms with E-state index in [0.717, 1.165) is 5.39 Å². The monoisotopic (exact) mass is 374 g/mol. The number of ketones is 1. The second-order valence-corrected chi connectivity index (χ2v) is 6.57. The van der Waals surface area contributed by atoms with E-state index < -0.39 is 24.0 Å². The van der Waals surface area contributed by atoms with E-state index in [4.69, 9.17) is 9.47 Å². The molecule has 1 aromatic carbocycles. The molecular formula is C20H23FN2O4. The summed E-state index contributed by atoms with van der Waals surface area (Å²) < 4.78 is 25.1. The van der Waals surface area contributed by atoms with Crippen LogP contribution in [0.25, 0.3) is 10.8 Å². The van der Waals surface area contributed by atoms with Crippen LogP contribution < -0.4 is 14.8 Å². The molecule has 6 nitrogen and oxygen atoms in total. The van der Waals surface area contributed by atoms with Gasteiger partial charge in [-0.2, -0.15) is 0 Å². The molecule has 1 amide bonds. The summed E-state index contributed by atoms with van der Waals surface area (Å²) in [4.78, 5) is 28.0. The largest absolute Gasteiger partial charge is 0.496 e. The van der Waals surface area contributed by atoms with E-state index in [0.29, 0.717) is 35.4 Å². The molecule has 27 heavy (non-hydrogen) atoms. The summed E-state index contributed by atoms with van der Waals surface area (Å²) in [6.07, 6.45) is 0.993. The third kappa shape index (κ3) is 3.59. The minimum absolute atomic E-state index is 0.0125. The molecule has 1 N–H and O–H groups in total. The normalized spacial score (nSPS) is 21.9. The van der Waals surface area contributed by atoms with Crippen molar-refractivity contribution >= 4 is 22.5 Å². The molecule has 2 aromatic rings. The van der Waals surface area contributed by atoms with E-state index in [-0.39, 0.29) is 12.4 Å². The van der Waals surface area contributed by atoms with E-state index >= 15 is 0 Å². The Morgan fingerprint density at radius 3 is 2.78 bits per heavy atom. The summed E-state index contributed by atoms with van der Waals surface area (Å²) in [6, 6.07) is 4.87. The number of Topliss-reactive ketones (excluding diaryl/α,β-unsaturated/α-hetero) is 1. The number of nitrogens with one attached hydrogen (secondary N) is 1. The topological polar surface area (TPSA) is 77.5 Å². The molecular weight excluding hydrogens is 351 g/mol. The molecule has 1 saturated heterocycles. The number of ether oxygens (including phenoxy) is 2. The number of hydrogen-bond donors (Lipinski definition) is 1. The van der Waals surface area contributed by atoms with Crippen molar-refractivity contribution in [1.29, 1.82) is 0 Å². The van der Waals surface area contributed by atoms with Gasteiger partial charge in [0.1, 0.15) is 12.4 Å². The number of alkyl halides is 1. The van der Waals surface area contributed by atoms with Gasteiger partial charge in [0.05, 0.1) is 18.7 Å². The first-order chi connectivity index (χ1) is 13.0. The highest BCUT2D eigenvalue weighted by Gasteiger charge is 2.41. The number of benzene rings is 1. The lowest BCUT2D eigenvalue weighted by Gasteiger charge is -2.19. The van der Waals surface area contributed by atoms with Gasteiger partial charge in [0, 0.05) is 23.9 Å². The van der Waals surface area contributed by atoms with Crippen LogP contribution in [0, 0.1) is 5.92 Å². The summed E-state index contributed by atoms with van der Waals surface area (Å²) >= 11 is 0. The maximum absolute atomic E-state index is 13.9. The van der Waals surface area contributed by atoms with Gasteiger partial charge < -0.3 is 14.8 Å². The molecule has 2 heterocycles. The van der Waals surface area contributed by atoms with Crippen molar-refractivity contribution < 1.29 is 23.5 Å². The van der Waals surface area contributed by atoms with Gasteiger partial charge in [0.25, 0.3) is 5.91 Å². The van der Waals surface area contributed by atoms with Crippen LogP contribution in [0.4, 0.5) is 4.39 Å². The standard InChI is InChI=1S/C20H23FN2O4/c1-4-12-15(23-19(25)18(12)21)10-27-20-13-9-17(26-3)14(16(24)5-2)8-11(13)6-7-22-20/h6-9,12,15,18H,4-5,10H2,1-3H3,(H,23,25)/t12-,15+,18-/m0/s1. The second kappa shape index (κ2) is 7.90. The van der Waals surface area contributed by atoms with Crippen molar-refractivity contribution in [3.8, 4) is 11.6 Å². The fraction of sp³-hybridized carbons (Fsp3) is 0.450. The van der Waals surface area contributed by atoms with Gasteiger partial charge >= 0.3 is 0 Å². The molecule has 1 aliphatic heterocycles. The van der Waals surface area contributed by atoms with Crippen molar-refractivity contribution in [3.63, 3.8) is 0 Å². The lowest BCUT2D eigenvalue weighted by molar-refractivity contribution is -0.123. The Balaban J connectivity index is 1.89. The SMILES string of the molecule is CCC(=O)c1cc2ccnc(OC[C@H]3NC(=O)[C@@H](F)[C@H]3CC)c2cc1OC. The summed E-state index contributed by atoms with van der Waals surface area (Å²) in [5, 5.41) is 4.13. The average molecular weight is 374 g/mol. The number of carbonyl (C=O) groups excluding carboxylic acids is 2. The first-order valence-electron chi connectivity index (χ1n) is 9.07. The number of fused-ring (bicyclic) bond motifs is 1. The van der Waals surface area contributed by atoms with Gasteiger partial charge in [-0.25, -0.2) is 9.37 Å². The van der Waals surface area contributed by atoms with Crippen molar-refractivity contribution in [2.75, 3.05) is 13.7 Å². The number of carbonyl (C=O) groups is 2. The van der Waals surface area contributed by atoms with Gasteiger partial charge in [-0.15, -0.1) is 0 Å². The lowest BCUT2D eigenvalue weighted by Crippen LogP contribution is -2.34. The van der Waals surface area contributed by atoms with E-state index in [1.165, 1.54) is 7.11 Å². The van der Waals surface area contributed by atoms with Crippen LogP contribution in [0.5, 0.6) is 11.6 Å².